The summed E-state index contributed by atoms with van der Waals surface area (Å²) in [6, 6.07) is 3.00. The summed E-state index contributed by atoms with van der Waals surface area (Å²) in [7, 11) is 0. The number of halogens is 2. The van der Waals surface area contributed by atoms with Crippen LogP contribution >= 0.6 is 23.2 Å². The van der Waals surface area contributed by atoms with Crippen LogP contribution in [0.3, 0.4) is 0 Å². The van der Waals surface area contributed by atoms with Crippen molar-refractivity contribution in [2.45, 2.75) is 0 Å². The average Bonchev–Trinajstić information content (AvgIpc) is 2.40. The molecule has 0 atom stereocenters. The highest BCUT2D eigenvalue weighted by Gasteiger charge is 2.24. The first-order valence-electron chi connectivity index (χ1n) is 5.45. The van der Waals surface area contributed by atoms with Crippen molar-refractivity contribution in [3.05, 3.63) is 33.3 Å². The van der Waals surface area contributed by atoms with Crippen LogP contribution in [0.2, 0.25) is 10.0 Å². The van der Waals surface area contributed by atoms with Crippen molar-refractivity contribution in [2.75, 3.05) is 26.3 Å². The third kappa shape index (κ3) is 2.51. The summed E-state index contributed by atoms with van der Waals surface area (Å²) in [4.78, 5) is 24.7. The Morgan fingerprint density at radius 1 is 1.28 bits per heavy atom. The van der Waals surface area contributed by atoms with Gasteiger partial charge in [0.2, 0.25) is 0 Å². The lowest BCUT2D eigenvalue weighted by Gasteiger charge is -2.27. The Morgan fingerprint density at radius 3 is 2.56 bits per heavy atom. The summed E-state index contributed by atoms with van der Waals surface area (Å²) in [5.74, 6) is -0.267. The van der Waals surface area contributed by atoms with E-state index < -0.39 is 0 Å². The molecule has 0 aliphatic carbocycles. The van der Waals surface area contributed by atoms with Crippen molar-refractivity contribution in [1.82, 2.24) is 4.90 Å². The van der Waals surface area contributed by atoms with Crippen molar-refractivity contribution in [3.8, 4) is 0 Å². The summed E-state index contributed by atoms with van der Waals surface area (Å²) in [6.45, 7) is 1.98. The van der Waals surface area contributed by atoms with E-state index >= 15 is 0 Å². The summed E-state index contributed by atoms with van der Waals surface area (Å²) < 4.78 is 5.18. The molecular weight excluding hydrogens is 277 g/mol. The molecule has 96 valence electrons. The number of hydrogen-bond acceptors (Lipinski definition) is 3. The van der Waals surface area contributed by atoms with Gasteiger partial charge in [0.15, 0.2) is 6.29 Å². The number of morpholine rings is 1. The highest BCUT2D eigenvalue weighted by molar-refractivity contribution is 6.41. The molecule has 1 aromatic rings. The van der Waals surface area contributed by atoms with Gasteiger partial charge in [0, 0.05) is 18.7 Å². The van der Waals surface area contributed by atoms with Crippen molar-refractivity contribution in [1.29, 1.82) is 0 Å². The van der Waals surface area contributed by atoms with E-state index in [9.17, 15) is 9.59 Å². The van der Waals surface area contributed by atoms with Gasteiger partial charge in [0.05, 0.1) is 28.8 Å². The number of rotatable bonds is 2. The molecule has 1 heterocycles. The number of aldehydes is 1. The van der Waals surface area contributed by atoms with E-state index in [1.165, 1.54) is 12.1 Å². The lowest BCUT2D eigenvalue weighted by molar-refractivity contribution is 0.0303. The standard InChI is InChI=1S/C12H11Cl2NO3/c13-9-2-1-8(7-16)11(14)10(9)12(17)15-3-5-18-6-4-15/h1-2,7H,3-6H2. The van der Waals surface area contributed by atoms with Crippen molar-refractivity contribution in [3.63, 3.8) is 0 Å². The van der Waals surface area contributed by atoms with Crippen LogP contribution in [0.4, 0.5) is 0 Å². The largest absolute Gasteiger partial charge is 0.378 e. The number of ether oxygens (including phenoxy) is 1. The van der Waals surface area contributed by atoms with Crippen molar-refractivity contribution >= 4 is 35.4 Å². The van der Waals surface area contributed by atoms with Crippen molar-refractivity contribution < 1.29 is 14.3 Å². The molecule has 0 aromatic heterocycles. The van der Waals surface area contributed by atoms with Gasteiger partial charge in [0.25, 0.3) is 5.91 Å². The molecule has 0 N–H and O–H groups in total. The minimum atomic E-state index is -0.267. The molecule has 2 rings (SSSR count). The average molecular weight is 288 g/mol. The minimum absolute atomic E-state index is 0.106. The third-order valence-corrected chi connectivity index (χ3v) is 3.48. The fourth-order valence-corrected chi connectivity index (χ4v) is 2.36. The summed E-state index contributed by atoms with van der Waals surface area (Å²) >= 11 is 12.0. The molecule has 1 aliphatic heterocycles. The maximum absolute atomic E-state index is 12.3. The second-order valence-corrected chi connectivity index (χ2v) is 4.63. The van der Waals surface area contributed by atoms with Crippen molar-refractivity contribution in [2.24, 2.45) is 0 Å². The molecular formula is C12H11Cl2NO3. The summed E-state index contributed by atoms with van der Waals surface area (Å²) in [5, 5.41) is 0.357. The quantitative estimate of drug-likeness (QED) is 0.784. The zero-order valence-corrected chi connectivity index (χ0v) is 11.0. The van der Waals surface area contributed by atoms with Crippen LogP contribution in [-0.4, -0.2) is 43.4 Å². The Bertz CT molecular complexity index is 484. The molecule has 1 amide bonds. The first-order chi connectivity index (χ1) is 8.65. The Kier molecular flexibility index (Phi) is 4.22. The van der Waals surface area contributed by atoms with Gasteiger partial charge < -0.3 is 9.64 Å². The molecule has 1 aromatic carbocycles. The van der Waals surface area contributed by atoms with E-state index in [4.69, 9.17) is 27.9 Å². The smallest absolute Gasteiger partial charge is 0.257 e. The van der Waals surface area contributed by atoms with Crippen LogP contribution in [0, 0.1) is 0 Å². The molecule has 0 saturated carbocycles. The molecule has 1 fully saturated rings. The van der Waals surface area contributed by atoms with Gasteiger partial charge in [0.1, 0.15) is 0 Å². The number of benzene rings is 1. The first-order valence-corrected chi connectivity index (χ1v) is 6.21. The Labute approximate surface area is 114 Å². The summed E-state index contributed by atoms with van der Waals surface area (Å²) in [5.41, 5.74) is 0.447. The second-order valence-electron chi connectivity index (χ2n) is 3.85. The van der Waals surface area contributed by atoms with Crippen LogP contribution in [0.1, 0.15) is 20.7 Å². The van der Waals surface area contributed by atoms with Crippen LogP contribution in [0.5, 0.6) is 0 Å². The molecule has 4 nitrogen and oxygen atoms in total. The second kappa shape index (κ2) is 5.69. The zero-order chi connectivity index (χ0) is 13.1. The molecule has 1 aliphatic rings. The number of amides is 1. The van der Waals surface area contributed by atoms with E-state index in [-0.39, 0.29) is 27.1 Å². The van der Waals surface area contributed by atoms with Crippen LogP contribution < -0.4 is 0 Å². The predicted molar refractivity (Wildman–Crippen MR) is 68.6 cm³/mol. The predicted octanol–water partition coefficient (Wildman–Crippen LogP) is 2.28. The van der Waals surface area contributed by atoms with Gasteiger partial charge >= 0.3 is 0 Å². The molecule has 6 heteroatoms. The van der Waals surface area contributed by atoms with Crippen LogP contribution in [0.25, 0.3) is 0 Å². The maximum Gasteiger partial charge on any atom is 0.257 e. The van der Waals surface area contributed by atoms with Gasteiger partial charge in [-0.2, -0.15) is 0 Å². The molecule has 0 bridgehead atoms. The molecule has 0 spiro atoms. The Balaban J connectivity index is 2.37. The lowest BCUT2D eigenvalue weighted by atomic mass is 10.1. The monoisotopic (exact) mass is 287 g/mol. The maximum atomic E-state index is 12.3. The Hall–Kier alpha value is -1.10. The van der Waals surface area contributed by atoms with E-state index in [1.807, 2.05) is 0 Å². The fourth-order valence-electron chi connectivity index (χ4n) is 1.78. The first kappa shape index (κ1) is 13.3. The minimum Gasteiger partial charge on any atom is -0.378 e. The topological polar surface area (TPSA) is 46.6 Å². The number of carbonyl (C=O) groups is 2. The highest BCUT2D eigenvalue weighted by atomic mass is 35.5. The molecule has 0 unspecified atom stereocenters. The van der Waals surface area contributed by atoms with E-state index in [1.54, 1.807) is 4.90 Å². The number of hydrogen-bond donors (Lipinski definition) is 0. The van der Waals surface area contributed by atoms with Gasteiger partial charge in [-0.1, -0.05) is 23.2 Å². The van der Waals surface area contributed by atoms with Gasteiger partial charge in [-0.05, 0) is 12.1 Å². The van der Waals surface area contributed by atoms with E-state index in [0.29, 0.717) is 32.6 Å². The molecule has 0 radical (unpaired) electrons. The number of carbonyl (C=O) groups excluding carboxylic acids is 2. The molecule has 1 saturated heterocycles. The normalized spacial score (nSPS) is 15.6. The third-order valence-electron chi connectivity index (χ3n) is 2.76. The van der Waals surface area contributed by atoms with E-state index in [2.05, 4.69) is 0 Å². The highest BCUT2D eigenvalue weighted by Crippen LogP contribution is 2.28. The van der Waals surface area contributed by atoms with Gasteiger partial charge in [-0.3, -0.25) is 9.59 Å². The SMILES string of the molecule is O=Cc1ccc(Cl)c(C(=O)N2CCOCC2)c1Cl. The Morgan fingerprint density at radius 2 is 1.94 bits per heavy atom. The number of nitrogens with zero attached hydrogens (tertiary/aromatic N) is 1. The van der Waals surface area contributed by atoms with E-state index in [0.717, 1.165) is 0 Å². The zero-order valence-electron chi connectivity index (χ0n) is 9.49. The van der Waals surface area contributed by atoms with Gasteiger partial charge in [-0.15, -0.1) is 0 Å². The van der Waals surface area contributed by atoms with Crippen LogP contribution in [0.15, 0.2) is 12.1 Å². The fraction of sp³-hybridized carbons (Fsp3) is 0.333. The van der Waals surface area contributed by atoms with Crippen LogP contribution in [-0.2, 0) is 4.74 Å². The van der Waals surface area contributed by atoms with Gasteiger partial charge in [-0.25, -0.2) is 0 Å². The molecule has 18 heavy (non-hydrogen) atoms. The summed E-state index contributed by atoms with van der Waals surface area (Å²) in [6.07, 6.45) is 0.606. The lowest BCUT2D eigenvalue weighted by Crippen LogP contribution is -2.41.